The molecule has 0 aliphatic carbocycles. The molecule has 0 aliphatic heterocycles. The summed E-state index contributed by atoms with van der Waals surface area (Å²) >= 11 is 0. The summed E-state index contributed by atoms with van der Waals surface area (Å²) in [6.45, 7) is 1.44. The Balaban J connectivity index is 0.000000188. The van der Waals surface area contributed by atoms with E-state index in [0.717, 1.165) is 61.4 Å². The van der Waals surface area contributed by atoms with Crippen LogP contribution in [0.25, 0.3) is 21.8 Å². The number of carboxylic acids is 1. The molecular weight excluding hydrogens is 877 g/mol. The van der Waals surface area contributed by atoms with Crippen molar-refractivity contribution in [2.24, 2.45) is 0 Å². The van der Waals surface area contributed by atoms with Gasteiger partial charge in [0.05, 0.1) is 37.0 Å². The normalized spacial score (nSPS) is 10.4. The van der Waals surface area contributed by atoms with Gasteiger partial charge in [-0.3, -0.25) is 29.4 Å². The maximum absolute atomic E-state index is 12.6. The van der Waals surface area contributed by atoms with E-state index in [9.17, 15) is 19.2 Å². The van der Waals surface area contributed by atoms with E-state index in [1.54, 1.807) is 55.2 Å². The van der Waals surface area contributed by atoms with Crippen molar-refractivity contribution in [3.63, 3.8) is 0 Å². The van der Waals surface area contributed by atoms with Crippen LogP contribution in [-0.2, 0) is 45.2 Å². The first-order valence-electron chi connectivity index (χ1n) is 22.0. The Morgan fingerprint density at radius 1 is 0.565 bits per heavy atom. The van der Waals surface area contributed by atoms with Crippen molar-refractivity contribution in [3.8, 4) is 11.5 Å². The molecule has 0 unspecified atom stereocenters. The number of aliphatic carboxylic acids is 1. The zero-order chi connectivity index (χ0) is 49.1. The number of carboxylic acid groups (broad SMARTS) is 1. The molecule has 0 spiro atoms. The molecule has 69 heavy (non-hydrogen) atoms. The van der Waals surface area contributed by atoms with E-state index >= 15 is 0 Å². The number of ether oxygens (including phenoxy) is 2. The van der Waals surface area contributed by atoms with Gasteiger partial charge in [0.2, 0.25) is 17.7 Å². The Kier molecular flexibility index (Phi) is 17.7. The van der Waals surface area contributed by atoms with Crippen molar-refractivity contribution >= 4 is 68.5 Å². The van der Waals surface area contributed by atoms with Gasteiger partial charge in [0.25, 0.3) is 0 Å². The summed E-state index contributed by atoms with van der Waals surface area (Å²) < 4.78 is 11.4. The average Bonchev–Trinajstić information content (AvgIpc) is 3.98. The molecule has 0 saturated carbocycles. The Hall–Kier alpha value is -8.86. The van der Waals surface area contributed by atoms with E-state index in [-0.39, 0.29) is 43.7 Å². The number of likely N-dealkylation sites (N-methyl/N-ethyl adjacent to an activating group) is 4. The van der Waals surface area contributed by atoms with Crippen LogP contribution in [0.3, 0.4) is 0 Å². The number of amides is 3. The number of nitrogens with zero attached hydrogens (tertiary/aromatic N) is 4. The van der Waals surface area contributed by atoms with Gasteiger partial charge in [0, 0.05) is 50.3 Å². The van der Waals surface area contributed by atoms with Crippen molar-refractivity contribution in [1.29, 1.82) is 0 Å². The molecule has 0 atom stereocenters. The van der Waals surface area contributed by atoms with Crippen LogP contribution in [0.5, 0.6) is 11.5 Å². The van der Waals surface area contributed by atoms with Crippen molar-refractivity contribution in [2.45, 2.75) is 26.1 Å². The molecule has 17 heteroatoms. The largest absolute Gasteiger partial charge is 0.489 e. The molecule has 0 aliphatic rings. The molecule has 0 radical (unpaired) electrons. The van der Waals surface area contributed by atoms with Crippen LogP contribution in [-0.4, -0.2) is 90.5 Å². The van der Waals surface area contributed by atoms with Crippen LogP contribution >= 0.6 is 0 Å². The number of hydrogen-bond donors (Lipinski definition) is 7. The Bertz CT molecular complexity index is 2920. The molecular formula is C52H56N10O7. The van der Waals surface area contributed by atoms with Crippen LogP contribution in [0.2, 0.25) is 0 Å². The van der Waals surface area contributed by atoms with Gasteiger partial charge in [0.1, 0.15) is 24.7 Å². The van der Waals surface area contributed by atoms with Gasteiger partial charge in [-0.2, -0.15) is 10.2 Å². The lowest BCUT2D eigenvalue weighted by Crippen LogP contribution is -2.33. The zero-order valence-corrected chi connectivity index (χ0v) is 38.9. The molecule has 0 saturated heterocycles. The second-order valence-electron chi connectivity index (χ2n) is 15.9. The monoisotopic (exact) mass is 932 g/mol. The molecule has 8 N–H and O–H groups in total. The highest BCUT2D eigenvalue weighted by Crippen LogP contribution is 2.27. The van der Waals surface area contributed by atoms with Crippen molar-refractivity contribution in [2.75, 3.05) is 62.1 Å². The summed E-state index contributed by atoms with van der Waals surface area (Å²) in [5.74, 6) is 1.73. The number of nitrogens with one attached hydrogen (secondary N) is 5. The fourth-order valence-electron chi connectivity index (χ4n) is 6.87. The SMILES string of the molecule is CNC(=O)CN(C)c1n[nH]c2ccc(N)cc12.CNC(=O)CN(C)c1n[nH]c2ccc(NC(=O)Cc3ccc(OCc4ccccc4)cc3)cc12.O=C(O)Cc1ccc(OCc2ccccc2)cc1. The highest BCUT2D eigenvalue weighted by Gasteiger charge is 2.15. The summed E-state index contributed by atoms with van der Waals surface area (Å²) in [4.78, 5) is 49.7. The number of nitrogen functional groups attached to an aromatic ring is 1. The lowest BCUT2D eigenvalue weighted by atomic mass is 10.1. The van der Waals surface area contributed by atoms with Crippen LogP contribution in [0, 0.1) is 0 Å². The molecule has 8 rings (SSSR count). The second kappa shape index (κ2) is 24.6. The molecule has 0 bridgehead atoms. The number of H-pyrrole nitrogens is 2. The predicted octanol–water partition coefficient (Wildman–Crippen LogP) is 6.73. The van der Waals surface area contributed by atoms with E-state index in [0.29, 0.717) is 30.4 Å². The molecule has 2 heterocycles. The molecule has 3 amide bonds. The molecule has 8 aromatic rings. The lowest BCUT2D eigenvalue weighted by Gasteiger charge is -2.15. The van der Waals surface area contributed by atoms with E-state index in [4.69, 9.17) is 20.3 Å². The third-order valence-corrected chi connectivity index (χ3v) is 10.5. The zero-order valence-electron chi connectivity index (χ0n) is 38.9. The van der Waals surface area contributed by atoms with Crippen LogP contribution in [0.15, 0.2) is 146 Å². The maximum atomic E-state index is 12.6. The quantitative estimate of drug-likeness (QED) is 0.0472. The number of rotatable bonds is 17. The number of carbonyl (C=O) groups is 4. The van der Waals surface area contributed by atoms with Gasteiger partial charge in [0.15, 0.2) is 11.6 Å². The van der Waals surface area contributed by atoms with Gasteiger partial charge in [-0.1, -0.05) is 84.9 Å². The summed E-state index contributed by atoms with van der Waals surface area (Å²) in [6, 6.07) is 45.6. The van der Waals surface area contributed by atoms with Crippen LogP contribution < -0.4 is 41.0 Å². The summed E-state index contributed by atoms with van der Waals surface area (Å²) in [6.07, 6.45) is 0.283. The van der Waals surface area contributed by atoms with Crippen molar-refractivity contribution in [3.05, 3.63) is 168 Å². The summed E-state index contributed by atoms with van der Waals surface area (Å²) in [5.41, 5.74) is 12.7. The highest BCUT2D eigenvalue weighted by molar-refractivity contribution is 5.98. The maximum Gasteiger partial charge on any atom is 0.307 e. The number of aromatic amines is 2. The number of anilines is 4. The van der Waals surface area contributed by atoms with Gasteiger partial charge in [-0.15, -0.1) is 0 Å². The third-order valence-electron chi connectivity index (χ3n) is 10.5. The minimum absolute atomic E-state index is 0.0406. The van der Waals surface area contributed by atoms with Crippen molar-refractivity contribution in [1.82, 2.24) is 31.0 Å². The van der Waals surface area contributed by atoms with E-state index in [2.05, 4.69) is 36.3 Å². The Morgan fingerprint density at radius 2 is 1.01 bits per heavy atom. The fourth-order valence-corrected chi connectivity index (χ4v) is 6.87. The molecule has 356 valence electrons. The summed E-state index contributed by atoms with van der Waals surface area (Å²) in [5, 5.41) is 32.9. The number of nitrogens with two attached hydrogens (primary N) is 1. The number of fused-ring (bicyclic) bond motifs is 2. The molecule has 2 aromatic heterocycles. The van der Waals surface area contributed by atoms with Gasteiger partial charge in [-0.25, -0.2) is 0 Å². The first kappa shape index (κ1) is 49.6. The smallest absolute Gasteiger partial charge is 0.307 e. The van der Waals surface area contributed by atoms with Crippen LogP contribution in [0.4, 0.5) is 23.0 Å². The molecule has 0 fully saturated rings. The fraction of sp³-hybridized carbons (Fsp3) is 0.192. The Morgan fingerprint density at radius 3 is 1.48 bits per heavy atom. The van der Waals surface area contributed by atoms with E-state index < -0.39 is 5.97 Å². The number of aromatic nitrogens is 4. The number of carbonyl (C=O) groups excluding carboxylic acids is 3. The Labute approximate surface area is 399 Å². The predicted molar refractivity (Wildman–Crippen MR) is 269 cm³/mol. The lowest BCUT2D eigenvalue weighted by molar-refractivity contribution is -0.136. The minimum atomic E-state index is -0.826. The summed E-state index contributed by atoms with van der Waals surface area (Å²) in [7, 11) is 6.81. The first-order valence-corrected chi connectivity index (χ1v) is 22.0. The number of benzene rings is 6. The van der Waals surface area contributed by atoms with Gasteiger partial charge in [-0.05, 0) is 82.9 Å². The molecule has 17 nitrogen and oxygen atoms in total. The minimum Gasteiger partial charge on any atom is -0.489 e. The topological polar surface area (TPSA) is 233 Å². The standard InChI is InChI=1S/C26H27N5O3.C15H14O3.C11H15N5O/c1-27-25(33)16-31(2)26-22-15-20(10-13-23(22)29-30-26)28-24(32)14-18-8-11-21(12-9-18)34-17-19-6-4-3-5-7-19;16-15(17)10-12-6-8-14(9-7-12)18-11-13-4-2-1-3-5-13;1-13-10(17)6-16(2)11-8-5-7(12)3-4-9(8)14-15-11/h3-13,15H,14,16-17H2,1-2H3,(H,27,33)(H,28,32)(H,29,30);1-9H,10-11H2,(H,16,17);3-5H,6,12H2,1-2H3,(H,13,17)(H,14,15). The number of hydrogen-bond acceptors (Lipinski definition) is 11. The molecule has 6 aromatic carbocycles. The van der Waals surface area contributed by atoms with E-state index in [1.165, 1.54) is 0 Å². The van der Waals surface area contributed by atoms with E-state index in [1.807, 2.05) is 128 Å². The first-order chi connectivity index (χ1) is 33.4. The van der Waals surface area contributed by atoms with Gasteiger partial charge >= 0.3 is 5.97 Å². The van der Waals surface area contributed by atoms with Gasteiger partial charge < -0.3 is 46.1 Å². The highest BCUT2D eigenvalue weighted by atomic mass is 16.5. The third kappa shape index (κ3) is 15.1. The van der Waals surface area contributed by atoms with Crippen molar-refractivity contribution < 1.29 is 33.8 Å². The van der Waals surface area contributed by atoms with Crippen LogP contribution in [0.1, 0.15) is 22.3 Å². The second-order valence-corrected chi connectivity index (χ2v) is 15.9. The average molecular weight is 933 g/mol.